The summed E-state index contributed by atoms with van der Waals surface area (Å²) in [5, 5.41) is 21.0. The molecule has 21 heavy (non-hydrogen) atoms. The minimum Gasteiger partial charge on any atom is -0.496 e. The van der Waals surface area contributed by atoms with Crippen molar-refractivity contribution in [3.05, 3.63) is 69.8 Å². The number of methoxy groups -OCH3 is 1. The van der Waals surface area contributed by atoms with E-state index in [1.807, 2.05) is 30.3 Å². The lowest BCUT2D eigenvalue weighted by atomic mass is 10.0. The minimum atomic E-state index is -0.602. The van der Waals surface area contributed by atoms with Crippen molar-refractivity contribution in [1.29, 1.82) is 0 Å². The zero-order valence-electron chi connectivity index (χ0n) is 11.7. The van der Waals surface area contributed by atoms with Crippen molar-refractivity contribution < 1.29 is 14.8 Å². The summed E-state index contributed by atoms with van der Waals surface area (Å²) in [5.74, 6) is 0.598. The fourth-order valence-electron chi connectivity index (χ4n) is 2.21. The summed E-state index contributed by atoms with van der Waals surface area (Å²) in [4.78, 5) is 10.4. The number of ether oxygens (including phenoxy) is 1. The molecule has 1 N–H and O–H groups in total. The second-order valence-electron chi connectivity index (χ2n) is 4.72. The van der Waals surface area contributed by atoms with Crippen LogP contribution in [-0.2, 0) is 6.42 Å². The largest absolute Gasteiger partial charge is 0.496 e. The Labute approximate surface area is 123 Å². The van der Waals surface area contributed by atoms with Gasteiger partial charge in [0.1, 0.15) is 5.75 Å². The van der Waals surface area contributed by atoms with Gasteiger partial charge < -0.3 is 9.84 Å². The summed E-state index contributed by atoms with van der Waals surface area (Å²) in [5.41, 5.74) is 1.59. The number of nitrogens with zero attached hydrogens (tertiary/aromatic N) is 1. The molecule has 1 unspecified atom stereocenters. The van der Waals surface area contributed by atoms with Crippen molar-refractivity contribution in [2.45, 2.75) is 18.9 Å². The van der Waals surface area contributed by atoms with E-state index in [0.717, 1.165) is 11.1 Å². The third kappa shape index (κ3) is 3.79. The molecule has 2 aromatic rings. The number of nitro benzene ring substituents is 1. The van der Waals surface area contributed by atoms with Gasteiger partial charge in [-0.2, -0.15) is 0 Å². The first kappa shape index (κ1) is 15.0. The standard InChI is InChI=1S/C16H17NO4/c1-21-16-10-8-14(17(19)20)11-13(16)7-9-15(18)12-5-3-2-4-6-12/h2-6,8,10-11,15,18H,7,9H2,1H3. The highest BCUT2D eigenvalue weighted by molar-refractivity contribution is 5.44. The number of aliphatic hydroxyl groups is 1. The Bertz CT molecular complexity index is 613. The monoisotopic (exact) mass is 287 g/mol. The lowest BCUT2D eigenvalue weighted by Crippen LogP contribution is -2.01. The first-order valence-corrected chi connectivity index (χ1v) is 6.66. The van der Waals surface area contributed by atoms with E-state index in [1.165, 1.54) is 19.2 Å². The summed E-state index contributed by atoms with van der Waals surface area (Å²) in [6.07, 6.45) is 0.373. The van der Waals surface area contributed by atoms with E-state index in [-0.39, 0.29) is 5.69 Å². The molecule has 0 heterocycles. The van der Waals surface area contributed by atoms with Gasteiger partial charge in [-0.25, -0.2) is 0 Å². The van der Waals surface area contributed by atoms with Crippen molar-refractivity contribution in [3.8, 4) is 5.75 Å². The maximum atomic E-state index is 10.8. The number of aliphatic hydroxyl groups excluding tert-OH is 1. The molecule has 0 saturated carbocycles. The van der Waals surface area contributed by atoms with Crippen LogP contribution >= 0.6 is 0 Å². The summed E-state index contributed by atoms with van der Waals surface area (Å²) < 4.78 is 5.21. The Kier molecular flexibility index (Phi) is 4.90. The van der Waals surface area contributed by atoms with E-state index >= 15 is 0 Å². The number of aryl methyl sites for hydroxylation is 1. The van der Waals surface area contributed by atoms with E-state index in [2.05, 4.69) is 0 Å². The molecule has 0 saturated heterocycles. The Morgan fingerprint density at radius 3 is 2.57 bits per heavy atom. The van der Waals surface area contributed by atoms with Crippen molar-refractivity contribution in [2.24, 2.45) is 0 Å². The van der Waals surface area contributed by atoms with Crippen molar-refractivity contribution >= 4 is 5.69 Å². The highest BCUT2D eigenvalue weighted by Gasteiger charge is 2.13. The molecular weight excluding hydrogens is 270 g/mol. The molecule has 0 amide bonds. The number of non-ortho nitro benzene ring substituents is 1. The predicted octanol–water partition coefficient (Wildman–Crippen LogP) is 3.27. The number of benzene rings is 2. The molecule has 0 spiro atoms. The van der Waals surface area contributed by atoms with Gasteiger partial charge in [0.2, 0.25) is 0 Å². The van der Waals surface area contributed by atoms with Crippen molar-refractivity contribution in [3.63, 3.8) is 0 Å². The topological polar surface area (TPSA) is 72.6 Å². The fourth-order valence-corrected chi connectivity index (χ4v) is 2.21. The Morgan fingerprint density at radius 2 is 1.95 bits per heavy atom. The zero-order valence-corrected chi connectivity index (χ0v) is 11.7. The molecule has 5 heteroatoms. The number of nitro groups is 1. The van der Waals surface area contributed by atoms with E-state index in [0.29, 0.717) is 18.6 Å². The molecule has 0 radical (unpaired) electrons. The molecule has 2 rings (SSSR count). The normalized spacial score (nSPS) is 11.9. The first-order chi connectivity index (χ1) is 10.1. The van der Waals surface area contributed by atoms with Crippen LogP contribution in [0.15, 0.2) is 48.5 Å². The Balaban J connectivity index is 2.11. The summed E-state index contributed by atoms with van der Waals surface area (Å²) in [6, 6.07) is 13.8. The lowest BCUT2D eigenvalue weighted by molar-refractivity contribution is -0.384. The van der Waals surface area contributed by atoms with Gasteiger partial charge in [0.05, 0.1) is 18.1 Å². The first-order valence-electron chi connectivity index (χ1n) is 6.66. The van der Waals surface area contributed by atoms with E-state index in [4.69, 9.17) is 4.74 Å². The van der Waals surface area contributed by atoms with Crippen LogP contribution in [0.25, 0.3) is 0 Å². The van der Waals surface area contributed by atoms with Crippen LogP contribution in [0.2, 0.25) is 0 Å². The van der Waals surface area contributed by atoms with Gasteiger partial charge in [0.25, 0.3) is 5.69 Å². The van der Waals surface area contributed by atoms with Crippen LogP contribution < -0.4 is 4.74 Å². The van der Waals surface area contributed by atoms with E-state index < -0.39 is 11.0 Å². The van der Waals surface area contributed by atoms with Gasteiger partial charge in [0, 0.05) is 17.7 Å². The van der Waals surface area contributed by atoms with Gasteiger partial charge in [-0.15, -0.1) is 0 Å². The maximum absolute atomic E-state index is 10.8. The lowest BCUT2D eigenvalue weighted by Gasteiger charge is -2.12. The number of hydrogen-bond acceptors (Lipinski definition) is 4. The van der Waals surface area contributed by atoms with E-state index in [9.17, 15) is 15.2 Å². The van der Waals surface area contributed by atoms with Gasteiger partial charge in [-0.3, -0.25) is 10.1 Å². The Hall–Kier alpha value is -2.40. The third-order valence-electron chi connectivity index (χ3n) is 3.35. The molecule has 0 aliphatic carbocycles. The molecule has 110 valence electrons. The van der Waals surface area contributed by atoms with Crippen LogP contribution in [0.3, 0.4) is 0 Å². The van der Waals surface area contributed by atoms with Gasteiger partial charge in [-0.05, 0) is 24.5 Å². The number of hydrogen-bond donors (Lipinski definition) is 1. The zero-order chi connectivity index (χ0) is 15.2. The summed E-state index contributed by atoms with van der Waals surface area (Å²) in [7, 11) is 1.53. The molecule has 5 nitrogen and oxygen atoms in total. The third-order valence-corrected chi connectivity index (χ3v) is 3.35. The second kappa shape index (κ2) is 6.85. The van der Waals surface area contributed by atoms with Crippen LogP contribution in [0, 0.1) is 10.1 Å². The maximum Gasteiger partial charge on any atom is 0.269 e. The van der Waals surface area contributed by atoms with Gasteiger partial charge in [-0.1, -0.05) is 30.3 Å². The summed E-state index contributed by atoms with van der Waals surface area (Å²) >= 11 is 0. The molecule has 0 aliphatic heterocycles. The van der Waals surface area contributed by atoms with Crippen LogP contribution in [0.1, 0.15) is 23.7 Å². The van der Waals surface area contributed by atoms with Crippen molar-refractivity contribution in [1.82, 2.24) is 0 Å². The van der Waals surface area contributed by atoms with Crippen LogP contribution in [0.4, 0.5) is 5.69 Å². The predicted molar refractivity (Wildman–Crippen MR) is 79.4 cm³/mol. The molecule has 2 aromatic carbocycles. The van der Waals surface area contributed by atoms with E-state index in [1.54, 1.807) is 6.07 Å². The molecule has 0 aliphatic rings. The fraction of sp³-hybridized carbons (Fsp3) is 0.250. The van der Waals surface area contributed by atoms with Crippen LogP contribution in [0.5, 0.6) is 5.75 Å². The smallest absolute Gasteiger partial charge is 0.269 e. The highest BCUT2D eigenvalue weighted by Crippen LogP contribution is 2.27. The average Bonchev–Trinajstić information content (AvgIpc) is 2.53. The second-order valence-corrected chi connectivity index (χ2v) is 4.72. The number of rotatable bonds is 6. The van der Waals surface area contributed by atoms with Gasteiger partial charge >= 0.3 is 0 Å². The molecule has 0 bridgehead atoms. The molecule has 1 atom stereocenters. The summed E-state index contributed by atoms with van der Waals surface area (Å²) in [6.45, 7) is 0. The molecule has 0 fully saturated rings. The van der Waals surface area contributed by atoms with Crippen molar-refractivity contribution in [2.75, 3.05) is 7.11 Å². The highest BCUT2D eigenvalue weighted by atomic mass is 16.6. The van der Waals surface area contributed by atoms with Gasteiger partial charge in [0.15, 0.2) is 0 Å². The molecular formula is C16H17NO4. The minimum absolute atomic E-state index is 0.0278. The average molecular weight is 287 g/mol. The Morgan fingerprint density at radius 1 is 1.24 bits per heavy atom. The van der Waals surface area contributed by atoms with Crippen LogP contribution in [-0.4, -0.2) is 17.1 Å². The molecule has 0 aromatic heterocycles. The quantitative estimate of drug-likeness (QED) is 0.653. The SMILES string of the molecule is COc1ccc([N+](=O)[O-])cc1CCC(O)c1ccccc1.